The van der Waals surface area contributed by atoms with E-state index in [0.717, 1.165) is 65.5 Å². The number of aliphatic hydroxyl groups is 1. The number of carbonyl (C=O) groups excluding carboxylic acids is 1. The molecule has 0 fully saturated rings. The van der Waals surface area contributed by atoms with Crippen molar-refractivity contribution in [2.75, 3.05) is 0 Å². The second-order valence-electron chi connectivity index (χ2n) is 15.5. The van der Waals surface area contributed by atoms with Crippen molar-refractivity contribution < 1.29 is 30.0 Å². The number of ketones is 1. The second-order valence-corrected chi connectivity index (χ2v) is 16.4. The van der Waals surface area contributed by atoms with E-state index < -0.39 is 0 Å². The maximum Gasteiger partial charge on any atom is 0.164 e. The first-order valence-electron chi connectivity index (χ1n) is 18.2. The molecule has 5 rings (SSSR count). The van der Waals surface area contributed by atoms with Gasteiger partial charge in [0.05, 0.1) is 15.9 Å². The molecule has 0 atom stereocenters. The SMILES string of the molecule is CC(C)Cc1ccnc2c(-c3cc(-c4[c-]c5ccccc5c(C(C)(C)C)c4)ncn3)csc12.CCC(C)(CC)C(=O)/C=C(\O)C(C)(CC)CC.[Ir]. The van der Waals surface area contributed by atoms with Crippen LogP contribution in [-0.2, 0) is 36.7 Å². The summed E-state index contributed by atoms with van der Waals surface area (Å²) in [5.74, 6) is 0.890. The van der Waals surface area contributed by atoms with E-state index in [-0.39, 0.29) is 47.9 Å². The Balaban J connectivity index is 0.000000335. The van der Waals surface area contributed by atoms with Gasteiger partial charge < -0.3 is 5.11 Å². The zero-order valence-electron chi connectivity index (χ0n) is 32.4. The Morgan fingerprint density at radius 3 is 2.12 bits per heavy atom. The summed E-state index contributed by atoms with van der Waals surface area (Å²) in [5, 5.41) is 14.7. The molecule has 275 valence electrons. The van der Waals surface area contributed by atoms with Crippen molar-refractivity contribution in [3.05, 3.63) is 89.4 Å². The Morgan fingerprint density at radius 2 is 1.51 bits per heavy atom. The first kappa shape index (κ1) is 42.2. The van der Waals surface area contributed by atoms with Gasteiger partial charge in [-0.15, -0.1) is 40.5 Å². The van der Waals surface area contributed by atoms with Crippen LogP contribution in [0.1, 0.15) is 113 Å². The number of fused-ring (bicyclic) bond motifs is 2. The molecule has 0 saturated carbocycles. The van der Waals surface area contributed by atoms with Crippen molar-refractivity contribution in [3.63, 3.8) is 0 Å². The zero-order chi connectivity index (χ0) is 36.9. The van der Waals surface area contributed by atoms with Crippen LogP contribution in [0.25, 0.3) is 43.5 Å². The van der Waals surface area contributed by atoms with Crippen LogP contribution >= 0.6 is 11.3 Å². The summed E-state index contributed by atoms with van der Waals surface area (Å²) in [7, 11) is 0. The number of nitrogens with zero attached hydrogens (tertiary/aromatic N) is 3. The van der Waals surface area contributed by atoms with Crippen molar-refractivity contribution in [2.45, 2.75) is 114 Å². The minimum absolute atomic E-state index is 0. The predicted molar refractivity (Wildman–Crippen MR) is 213 cm³/mol. The van der Waals surface area contributed by atoms with Gasteiger partial charge in [0.1, 0.15) is 12.1 Å². The summed E-state index contributed by atoms with van der Waals surface area (Å²) in [6, 6.07) is 18.5. The van der Waals surface area contributed by atoms with Crippen molar-refractivity contribution in [1.82, 2.24) is 15.0 Å². The Morgan fingerprint density at radius 1 is 0.882 bits per heavy atom. The molecule has 1 radical (unpaired) electrons. The first-order valence-corrected chi connectivity index (χ1v) is 19.1. The number of pyridine rings is 1. The Kier molecular flexibility index (Phi) is 14.5. The van der Waals surface area contributed by atoms with Gasteiger partial charge in [-0.1, -0.05) is 105 Å². The van der Waals surface area contributed by atoms with E-state index >= 15 is 0 Å². The zero-order valence-corrected chi connectivity index (χ0v) is 35.6. The van der Waals surface area contributed by atoms with E-state index in [9.17, 15) is 9.90 Å². The third-order valence-electron chi connectivity index (χ3n) is 10.6. The summed E-state index contributed by atoms with van der Waals surface area (Å²) in [6.45, 7) is 23.3. The van der Waals surface area contributed by atoms with Crippen LogP contribution in [0.15, 0.2) is 72.2 Å². The number of hydrogen-bond donors (Lipinski definition) is 1. The summed E-state index contributed by atoms with van der Waals surface area (Å²) in [6.07, 6.45) is 9.39. The molecular weight excluding hydrogens is 827 g/mol. The van der Waals surface area contributed by atoms with Crippen LogP contribution < -0.4 is 0 Å². The fraction of sp³-hybridized carbons (Fsp3) is 0.455. The third kappa shape index (κ3) is 9.60. The average Bonchev–Trinajstić information content (AvgIpc) is 3.55. The standard InChI is InChI=1S/C29H28N3S.C15H28O2.Ir/c1-18(2)12-20-10-11-30-27-23(16-33-28(20)27)26-15-25(31-17-32-26)21-13-19-8-6-7-9-22(19)24(14-21)29(3,4)5;1-7-14(5,8-2)12(16)11-13(17)15(6,9-3)10-4;/h6-11,14-18H,12H2,1-5H3;11,16H,7-10H2,1-6H3;/q-1;;/b;12-11-;. The van der Waals surface area contributed by atoms with Gasteiger partial charge in [0.15, 0.2) is 5.78 Å². The van der Waals surface area contributed by atoms with Gasteiger partial charge in [-0.3, -0.25) is 14.8 Å². The van der Waals surface area contributed by atoms with Crippen molar-refractivity contribution in [1.29, 1.82) is 0 Å². The van der Waals surface area contributed by atoms with E-state index in [1.165, 1.54) is 27.3 Å². The summed E-state index contributed by atoms with van der Waals surface area (Å²) < 4.78 is 1.26. The quantitative estimate of drug-likeness (QED) is 0.0812. The van der Waals surface area contributed by atoms with Gasteiger partial charge >= 0.3 is 0 Å². The molecule has 0 spiro atoms. The normalized spacial score (nSPS) is 12.5. The van der Waals surface area contributed by atoms with Crippen LogP contribution in [0.3, 0.4) is 0 Å². The van der Waals surface area contributed by atoms with E-state index in [1.54, 1.807) is 17.7 Å². The third-order valence-corrected chi connectivity index (χ3v) is 11.6. The Labute approximate surface area is 323 Å². The van der Waals surface area contributed by atoms with E-state index in [0.29, 0.717) is 5.92 Å². The van der Waals surface area contributed by atoms with Gasteiger partial charge in [-0.05, 0) is 61.1 Å². The van der Waals surface area contributed by atoms with Gasteiger partial charge in [0, 0.05) is 59.8 Å². The first-order chi connectivity index (χ1) is 23.6. The minimum Gasteiger partial charge on any atom is -0.512 e. The number of hydrogen-bond acceptors (Lipinski definition) is 6. The molecule has 51 heavy (non-hydrogen) atoms. The molecule has 2 aromatic carbocycles. The van der Waals surface area contributed by atoms with Crippen LogP contribution in [0.5, 0.6) is 0 Å². The van der Waals surface area contributed by atoms with Crippen LogP contribution in [0, 0.1) is 22.8 Å². The largest absolute Gasteiger partial charge is 0.512 e. The summed E-state index contributed by atoms with van der Waals surface area (Å²) >= 11 is 1.76. The Hall–Kier alpha value is -3.25. The van der Waals surface area contributed by atoms with Crippen LogP contribution in [-0.4, -0.2) is 25.8 Å². The average molecular weight is 883 g/mol. The molecule has 0 saturated heterocycles. The molecule has 0 unspecified atom stereocenters. The van der Waals surface area contributed by atoms with E-state index in [2.05, 4.69) is 98.5 Å². The van der Waals surface area contributed by atoms with Crippen molar-refractivity contribution >= 4 is 38.1 Å². The van der Waals surface area contributed by atoms with Gasteiger partial charge in [0.2, 0.25) is 0 Å². The molecule has 1 N–H and O–H groups in total. The molecule has 3 heterocycles. The van der Waals surface area contributed by atoms with E-state index in [1.807, 2.05) is 47.7 Å². The van der Waals surface area contributed by atoms with Gasteiger partial charge in [-0.25, -0.2) is 4.98 Å². The molecular formula is C44H56IrN3O2S-. The molecule has 0 aliphatic rings. The number of rotatable bonds is 11. The van der Waals surface area contributed by atoms with Gasteiger partial charge in [0.25, 0.3) is 0 Å². The maximum absolute atomic E-state index is 12.2. The number of thiophene rings is 1. The fourth-order valence-corrected chi connectivity index (χ4v) is 7.14. The molecule has 7 heteroatoms. The molecule has 0 bridgehead atoms. The number of aromatic nitrogens is 3. The number of allylic oxidation sites excluding steroid dienone is 2. The van der Waals surface area contributed by atoms with E-state index in [4.69, 9.17) is 4.98 Å². The molecule has 0 aliphatic heterocycles. The number of benzene rings is 2. The fourth-order valence-electron chi connectivity index (χ4n) is 6.09. The predicted octanol–water partition coefficient (Wildman–Crippen LogP) is 12.5. The topological polar surface area (TPSA) is 76.0 Å². The van der Waals surface area contributed by atoms with Crippen LogP contribution in [0.2, 0.25) is 0 Å². The number of carbonyl (C=O) groups is 1. The minimum atomic E-state index is -0.337. The molecule has 3 aromatic heterocycles. The molecule has 5 nitrogen and oxygen atoms in total. The molecule has 0 amide bonds. The summed E-state index contributed by atoms with van der Waals surface area (Å²) in [5.41, 5.74) is 6.95. The van der Waals surface area contributed by atoms with Crippen LogP contribution in [0.4, 0.5) is 0 Å². The second kappa shape index (κ2) is 17.5. The van der Waals surface area contributed by atoms with Gasteiger partial charge in [-0.2, -0.15) is 0 Å². The summed E-state index contributed by atoms with van der Waals surface area (Å²) in [4.78, 5) is 26.1. The monoisotopic (exact) mass is 883 g/mol. The number of aliphatic hydroxyl groups excluding tert-OH is 1. The van der Waals surface area contributed by atoms with Crippen molar-refractivity contribution in [3.8, 4) is 22.5 Å². The van der Waals surface area contributed by atoms with Crippen molar-refractivity contribution in [2.24, 2.45) is 16.7 Å². The maximum atomic E-state index is 12.2. The molecule has 5 aromatic rings. The molecule has 0 aliphatic carbocycles. The Bertz CT molecular complexity index is 1960. The smallest absolute Gasteiger partial charge is 0.164 e.